The first-order valence-electron chi connectivity index (χ1n) is 8.93. The van der Waals surface area contributed by atoms with Crippen molar-refractivity contribution in [3.63, 3.8) is 0 Å². The highest BCUT2D eigenvalue weighted by molar-refractivity contribution is 4.88. The van der Waals surface area contributed by atoms with Crippen molar-refractivity contribution in [1.82, 2.24) is 0 Å². The van der Waals surface area contributed by atoms with Gasteiger partial charge in [-0.05, 0) is 62.2 Å². The van der Waals surface area contributed by atoms with Crippen LogP contribution in [0.1, 0.15) is 71.6 Å². The Kier molecular flexibility index (Phi) is 6.43. The summed E-state index contributed by atoms with van der Waals surface area (Å²) in [5.74, 6) is 2.38. The topological polar surface area (TPSA) is 0 Å². The van der Waals surface area contributed by atoms with E-state index in [-0.39, 0.29) is 18.8 Å². The molecule has 0 aromatic heterocycles. The van der Waals surface area contributed by atoms with Crippen LogP contribution in [0.15, 0.2) is 0 Å². The van der Waals surface area contributed by atoms with Gasteiger partial charge in [0.25, 0.3) is 0 Å². The second-order valence-corrected chi connectivity index (χ2v) is 7.62. The van der Waals surface area contributed by atoms with Crippen LogP contribution in [0.2, 0.25) is 0 Å². The quantitative estimate of drug-likeness (QED) is 0.580. The van der Waals surface area contributed by atoms with E-state index in [4.69, 9.17) is 0 Å². The lowest BCUT2D eigenvalue weighted by molar-refractivity contribution is 0.0130. The molecule has 0 heterocycles. The maximum absolute atomic E-state index is 13.5. The van der Waals surface area contributed by atoms with Crippen molar-refractivity contribution in [2.24, 2.45) is 23.7 Å². The van der Waals surface area contributed by atoms with E-state index in [1.54, 1.807) is 0 Å². The summed E-state index contributed by atoms with van der Waals surface area (Å²) < 4.78 is 40.1. The van der Waals surface area contributed by atoms with Gasteiger partial charge in [-0.15, -0.1) is 0 Å². The Labute approximate surface area is 127 Å². The van der Waals surface area contributed by atoms with Crippen molar-refractivity contribution in [1.29, 1.82) is 0 Å². The molecule has 2 saturated carbocycles. The minimum Gasteiger partial charge on any atom is -0.244 e. The van der Waals surface area contributed by atoms with Gasteiger partial charge < -0.3 is 0 Å². The Morgan fingerprint density at radius 3 is 2.10 bits per heavy atom. The molecule has 2 rings (SSSR count). The number of rotatable bonds is 5. The number of hydrogen-bond acceptors (Lipinski definition) is 0. The summed E-state index contributed by atoms with van der Waals surface area (Å²) in [4.78, 5) is 0. The molecule has 21 heavy (non-hydrogen) atoms. The Bertz CT molecular complexity index is 295. The largest absolute Gasteiger partial charge is 0.244 e. The zero-order chi connectivity index (χ0) is 15.4. The Balaban J connectivity index is 1.81. The lowest BCUT2D eigenvalue weighted by Crippen LogP contribution is -2.37. The predicted octanol–water partition coefficient (Wildman–Crippen LogP) is 6.04. The van der Waals surface area contributed by atoms with Gasteiger partial charge >= 0.3 is 0 Å². The minimum atomic E-state index is -1.88. The van der Waals surface area contributed by atoms with Gasteiger partial charge in [0, 0.05) is 0 Å². The monoisotopic (exact) mass is 304 g/mol. The van der Waals surface area contributed by atoms with Crippen LogP contribution in [0.5, 0.6) is 0 Å². The first kappa shape index (κ1) is 17.1. The van der Waals surface area contributed by atoms with Crippen LogP contribution in [-0.4, -0.2) is 18.5 Å². The van der Waals surface area contributed by atoms with Crippen LogP contribution in [0.25, 0.3) is 0 Å². The van der Waals surface area contributed by atoms with Crippen LogP contribution in [0, 0.1) is 23.7 Å². The highest BCUT2D eigenvalue weighted by Gasteiger charge is 2.39. The third kappa shape index (κ3) is 4.63. The standard InChI is InChI=1S/C18H31F3/c1-3-4-15-9-12(2)5-7-14(15)8-6-13-10-16(19)18(21)17(20)11-13/h12-18H,3-11H2,1-2H3. The molecule has 0 bridgehead atoms. The Morgan fingerprint density at radius 2 is 1.48 bits per heavy atom. The molecule has 0 aromatic carbocycles. The van der Waals surface area contributed by atoms with E-state index < -0.39 is 18.5 Å². The van der Waals surface area contributed by atoms with Gasteiger partial charge in [0.2, 0.25) is 0 Å². The molecule has 2 aliphatic rings. The van der Waals surface area contributed by atoms with Crippen LogP contribution in [0.3, 0.4) is 0 Å². The summed E-state index contributed by atoms with van der Waals surface area (Å²) in [6.45, 7) is 4.57. The molecule has 0 aliphatic heterocycles. The number of hydrogen-bond donors (Lipinski definition) is 0. The summed E-state index contributed by atoms with van der Waals surface area (Å²) in [5.41, 5.74) is 0. The SMILES string of the molecule is CCCC1CC(C)CCC1CCC1CC(F)C(F)C(F)C1. The van der Waals surface area contributed by atoms with Crippen molar-refractivity contribution in [3.8, 4) is 0 Å². The van der Waals surface area contributed by atoms with E-state index in [0.717, 1.165) is 30.6 Å². The normalized spacial score (nSPS) is 44.7. The molecule has 0 amide bonds. The summed E-state index contributed by atoms with van der Waals surface area (Å²) >= 11 is 0. The zero-order valence-corrected chi connectivity index (χ0v) is 13.5. The Morgan fingerprint density at radius 1 is 0.810 bits per heavy atom. The van der Waals surface area contributed by atoms with E-state index in [1.165, 1.54) is 32.1 Å². The van der Waals surface area contributed by atoms with Crippen molar-refractivity contribution >= 4 is 0 Å². The zero-order valence-electron chi connectivity index (χ0n) is 13.5. The van der Waals surface area contributed by atoms with E-state index in [9.17, 15) is 13.2 Å². The van der Waals surface area contributed by atoms with Crippen molar-refractivity contribution in [2.75, 3.05) is 0 Å². The summed E-state index contributed by atoms with van der Waals surface area (Å²) in [6.07, 6.45) is 3.73. The highest BCUT2D eigenvalue weighted by Crippen LogP contribution is 2.41. The lowest BCUT2D eigenvalue weighted by atomic mass is 9.70. The molecule has 0 nitrogen and oxygen atoms in total. The molecule has 0 radical (unpaired) electrons. The summed E-state index contributed by atoms with van der Waals surface area (Å²) in [5, 5.41) is 0. The van der Waals surface area contributed by atoms with Gasteiger partial charge in [0.1, 0.15) is 12.3 Å². The van der Waals surface area contributed by atoms with Gasteiger partial charge in [-0.3, -0.25) is 0 Å². The molecular weight excluding hydrogens is 273 g/mol. The fourth-order valence-electron chi connectivity index (χ4n) is 4.57. The average Bonchev–Trinajstić information content (AvgIpc) is 2.44. The van der Waals surface area contributed by atoms with Crippen molar-refractivity contribution in [3.05, 3.63) is 0 Å². The van der Waals surface area contributed by atoms with Crippen LogP contribution >= 0.6 is 0 Å². The third-order valence-corrected chi connectivity index (χ3v) is 5.82. The molecule has 0 saturated heterocycles. The molecule has 2 fully saturated rings. The average molecular weight is 304 g/mol. The maximum atomic E-state index is 13.5. The van der Waals surface area contributed by atoms with E-state index in [0.29, 0.717) is 0 Å². The highest BCUT2D eigenvalue weighted by atomic mass is 19.2. The second kappa shape index (κ2) is 7.87. The summed E-state index contributed by atoms with van der Waals surface area (Å²) in [6, 6.07) is 0. The van der Waals surface area contributed by atoms with Crippen LogP contribution < -0.4 is 0 Å². The molecule has 0 spiro atoms. The molecule has 5 atom stereocenters. The van der Waals surface area contributed by atoms with Crippen LogP contribution in [0.4, 0.5) is 13.2 Å². The number of halogens is 3. The maximum Gasteiger partial charge on any atom is 0.162 e. The van der Waals surface area contributed by atoms with Gasteiger partial charge in [0.05, 0.1) is 0 Å². The molecule has 124 valence electrons. The van der Waals surface area contributed by atoms with Gasteiger partial charge in [0.15, 0.2) is 6.17 Å². The summed E-state index contributed by atoms with van der Waals surface area (Å²) in [7, 11) is 0. The smallest absolute Gasteiger partial charge is 0.162 e. The Hall–Kier alpha value is -0.210. The first-order valence-corrected chi connectivity index (χ1v) is 8.93. The molecule has 5 unspecified atom stereocenters. The fraction of sp³-hybridized carbons (Fsp3) is 1.00. The molecule has 0 N–H and O–H groups in total. The lowest BCUT2D eigenvalue weighted by Gasteiger charge is -2.37. The minimum absolute atomic E-state index is 0.0450. The van der Waals surface area contributed by atoms with Gasteiger partial charge in [-0.2, -0.15) is 0 Å². The third-order valence-electron chi connectivity index (χ3n) is 5.82. The predicted molar refractivity (Wildman–Crippen MR) is 81.5 cm³/mol. The van der Waals surface area contributed by atoms with E-state index in [1.807, 2.05) is 0 Å². The number of alkyl halides is 3. The van der Waals surface area contributed by atoms with Crippen LogP contribution in [-0.2, 0) is 0 Å². The molecule has 2 aliphatic carbocycles. The molecule has 3 heteroatoms. The van der Waals surface area contributed by atoms with Gasteiger partial charge in [-0.25, -0.2) is 13.2 Å². The van der Waals surface area contributed by atoms with Crippen molar-refractivity contribution < 1.29 is 13.2 Å². The molecular formula is C18H31F3. The molecule has 0 aromatic rings. The van der Waals surface area contributed by atoms with Crippen molar-refractivity contribution in [2.45, 2.75) is 90.1 Å². The fourth-order valence-corrected chi connectivity index (χ4v) is 4.57. The van der Waals surface area contributed by atoms with E-state index in [2.05, 4.69) is 13.8 Å². The van der Waals surface area contributed by atoms with E-state index >= 15 is 0 Å². The second-order valence-electron chi connectivity index (χ2n) is 7.62. The first-order chi connectivity index (χ1) is 10.0. The van der Waals surface area contributed by atoms with Gasteiger partial charge in [-0.1, -0.05) is 33.1 Å².